The highest BCUT2D eigenvalue weighted by Gasteiger charge is 2.31. The average molecular weight is 525 g/mol. The minimum atomic E-state index is 1.15. The van der Waals surface area contributed by atoms with E-state index in [0.29, 0.717) is 0 Å². The molecule has 4 aromatic carbocycles. The minimum absolute atomic E-state index is 1.15. The third-order valence-electron chi connectivity index (χ3n) is 9.41. The number of aromatic nitrogens is 4. The number of para-hydroxylation sites is 4. The minimum Gasteiger partial charge on any atom is -0.232 e. The van der Waals surface area contributed by atoms with Gasteiger partial charge in [-0.2, -0.15) is 9.13 Å². The quantitative estimate of drug-likeness (QED) is 0.231. The molecule has 0 saturated carbocycles. The van der Waals surface area contributed by atoms with Crippen LogP contribution in [-0.2, 0) is 39.8 Å². The second-order valence-corrected chi connectivity index (χ2v) is 11.8. The first kappa shape index (κ1) is 23.7. The SMILES string of the molecule is C[n+]1cn(-c2ccc3c(c2-c2c(-n4c[n+](C)c5ccccc54)ccc4c2CCCC4)CCCC3)c2ccccc21. The maximum atomic E-state index is 2.44. The fourth-order valence-corrected chi connectivity index (χ4v) is 7.50. The van der Waals surface area contributed by atoms with Crippen molar-refractivity contribution in [2.75, 3.05) is 0 Å². The molecule has 198 valence electrons. The number of fused-ring (bicyclic) bond motifs is 4. The first-order valence-corrected chi connectivity index (χ1v) is 14.9. The van der Waals surface area contributed by atoms with Crippen LogP contribution < -0.4 is 9.13 Å². The third-order valence-corrected chi connectivity index (χ3v) is 9.41. The standard InChI is InChI=1S/C36H36N4/c1-37-23-39(31-17-9-7-15-29(31)37)33-21-19-25-11-3-5-13-27(25)35(33)36-28-14-6-4-12-26(28)20-22-34(36)40-24-38(2)30-16-8-10-18-32(30)40/h7-10,15-24H,3-6,11-14H2,1-2H3/q+2. The van der Waals surface area contributed by atoms with Crippen molar-refractivity contribution in [3.05, 3.63) is 108 Å². The smallest absolute Gasteiger partial charge is 0.232 e. The Morgan fingerprint density at radius 2 is 0.925 bits per heavy atom. The molecule has 2 heterocycles. The van der Waals surface area contributed by atoms with Crippen molar-refractivity contribution in [1.82, 2.24) is 9.13 Å². The van der Waals surface area contributed by atoms with Crippen molar-refractivity contribution in [1.29, 1.82) is 0 Å². The van der Waals surface area contributed by atoms with Crippen LogP contribution in [0.15, 0.2) is 85.5 Å². The summed E-state index contributed by atoms with van der Waals surface area (Å²) in [5.74, 6) is 0. The summed E-state index contributed by atoms with van der Waals surface area (Å²) < 4.78 is 9.41. The van der Waals surface area contributed by atoms with Crippen LogP contribution in [-0.4, -0.2) is 9.13 Å². The molecule has 40 heavy (non-hydrogen) atoms. The topological polar surface area (TPSA) is 17.6 Å². The molecule has 2 aromatic heterocycles. The predicted octanol–water partition coefficient (Wildman–Crippen LogP) is 6.65. The Kier molecular flexibility index (Phi) is 5.44. The van der Waals surface area contributed by atoms with Crippen molar-refractivity contribution in [2.24, 2.45) is 14.1 Å². The van der Waals surface area contributed by atoms with Crippen molar-refractivity contribution in [3.8, 4) is 22.5 Å². The highest BCUT2D eigenvalue weighted by atomic mass is 15.1. The van der Waals surface area contributed by atoms with E-state index in [1.807, 2.05) is 0 Å². The van der Waals surface area contributed by atoms with Crippen LogP contribution in [0.25, 0.3) is 44.6 Å². The average Bonchev–Trinajstić information content (AvgIpc) is 3.52. The Morgan fingerprint density at radius 1 is 0.500 bits per heavy atom. The van der Waals surface area contributed by atoms with Gasteiger partial charge in [-0.05, 0) is 110 Å². The Hall–Kier alpha value is -4.18. The van der Waals surface area contributed by atoms with Crippen LogP contribution in [0, 0.1) is 0 Å². The van der Waals surface area contributed by atoms with Gasteiger partial charge in [-0.25, -0.2) is 9.13 Å². The summed E-state index contributed by atoms with van der Waals surface area (Å²) in [7, 11) is 4.33. The van der Waals surface area contributed by atoms with Gasteiger partial charge in [0.2, 0.25) is 12.7 Å². The number of hydrogen-bond donors (Lipinski definition) is 0. The summed E-state index contributed by atoms with van der Waals surface area (Å²) in [5, 5.41) is 0. The summed E-state index contributed by atoms with van der Waals surface area (Å²) in [5.41, 5.74) is 16.7. The van der Waals surface area contributed by atoms with E-state index in [2.05, 4.69) is 118 Å². The van der Waals surface area contributed by atoms with Crippen molar-refractivity contribution >= 4 is 22.1 Å². The molecule has 0 fully saturated rings. The monoisotopic (exact) mass is 524 g/mol. The molecule has 4 heteroatoms. The predicted molar refractivity (Wildman–Crippen MR) is 161 cm³/mol. The lowest BCUT2D eigenvalue weighted by molar-refractivity contribution is -0.645. The molecule has 0 spiro atoms. The molecule has 0 N–H and O–H groups in total. The van der Waals surface area contributed by atoms with Gasteiger partial charge >= 0.3 is 0 Å². The lowest BCUT2D eigenvalue weighted by Crippen LogP contribution is -2.25. The molecule has 0 bridgehead atoms. The number of benzene rings is 4. The van der Waals surface area contributed by atoms with Crippen LogP contribution >= 0.6 is 0 Å². The number of aryl methyl sites for hydroxylation is 4. The van der Waals surface area contributed by atoms with E-state index in [0.717, 1.165) is 12.8 Å². The first-order chi connectivity index (χ1) is 19.7. The molecule has 6 aromatic rings. The summed E-state index contributed by atoms with van der Waals surface area (Å²) in [6, 6.07) is 27.3. The van der Waals surface area contributed by atoms with Crippen molar-refractivity contribution in [3.63, 3.8) is 0 Å². The van der Waals surface area contributed by atoms with Gasteiger partial charge < -0.3 is 0 Å². The Balaban J connectivity index is 1.51. The van der Waals surface area contributed by atoms with E-state index >= 15 is 0 Å². The van der Waals surface area contributed by atoms with Crippen LogP contribution in [0.1, 0.15) is 47.9 Å². The molecule has 0 atom stereocenters. The summed E-state index contributed by atoms with van der Waals surface area (Å²) in [6.45, 7) is 0. The zero-order chi connectivity index (χ0) is 26.8. The molecule has 0 aliphatic heterocycles. The van der Waals surface area contributed by atoms with Gasteiger partial charge in [-0.3, -0.25) is 0 Å². The van der Waals surface area contributed by atoms with E-state index in [4.69, 9.17) is 0 Å². The molecule has 0 unspecified atom stereocenters. The zero-order valence-corrected chi connectivity index (χ0v) is 23.5. The van der Waals surface area contributed by atoms with Gasteiger partial charge in [-0.15, -0.1) is 0 Å². The maximum absolute atomic E-state index is 2.44. The Bertz CT molecular complexity index is 1800. The number of hydrogen-bond acceptors (Lipinski definition) is 0. The molecule has 0 saturated heterocycles. The van der Waals surface area contributed by atoms with E-state index in [1.165, 1.54) is 94.2 Å². The van der Waals surface area contributed by atoms with E-state index < -0.39 is 0 Å². The molecule has 4 nitrogen and oxygen atoms in total. The van der Waals surface area contributed by atoms with Gasteiger partial charge in [0.05, 0.1) is 14.1 Å². The largest absolute Gasteiger partial charge is 0.249 e. The second-order valence-electron chi connectivity index (χ2n) is 11.8. The molecule has 2 aliphatic carbocycles. The summed E-state index contributed by atoms with van der Waals surface area (Å²) in [6.07, 6.45) is 14.3. The van der Waals surface area contributed by atoms with Gasteiger partial charge in [0, 0.05) is 11.1 Å². The Morgan fingerprint density at radius 3 is 1.40 bits per heavy atom. The normalized spacial score (nSPS) is 14.9. The fraction of sp³-hybridized carbons (Fsp3) is 0.278. The van der Waals surface area contributed by atoms with Gasteiger partial charge in [0.15, 0.2) is 22.1 Å². The highest BCUT2D eigenvalue weighted by Crippen LogP contribution is 2.44. The van der Waals surface area contributed by atoms with Crippen LogP contribution in [0.4, 0.5) is 0 Å². The highest BCUT2D eigenvalue weighted by molar-refractivity contribution is 5.90. The number of imidazole rings is 2. The number of rotatable bonds is 3. The van der Waals surface area contributed by atoms with Crippen LogP contribution in [0.5, 0.6) is 0 Å². The molecule has 0 radical (unpaired) electrons. The van der Waals surface area contributed by atoms with E-state index in [-0.39, 0.29) is 0 Å². The zero-order valence-electron chi connectivity index (χ0n) is 23.5. The lowest BCUT2D eigenvalue weighted by atomic mass is 9.79. The van der Waals surface area contributed by atoms with Crippen LogP contribution in [0.2, 0.25) is 0 Å². The third kappa shape index (κ3) is 3.51. The summed E-state index contributed by atoms with van der Waals surface area (Å²) in [4.78, 5) is 0. The van der Waals surface area contributed by atoms with Crippen molar-refractivity contribution in [2.45, 2.75) is 51.4 Å². The number of nitrogens with zero attached hydrogens (tertiary/aromatic N) is 4. The molecular weight excluding hydrogens is 488 g/mol. The van der Waals surface area contributed by atoms with Crippen LogP contribution in [0.3, 0.4) is 0 Å². The fourth-order valence-electron chi connectivity index (χ4n) is 7.50. The molecular formula is C36H36N4+2. The van der Waals surface area contributed by atoms with Crippen molar-refractivity contribution < 1.29 is 9.13 Å². The summed E-state index contributed by atoms with van der Waals surface area (Å²) >= 11 is 0. The van der Waals surface area contributed by atoms with E-state index in [9.17, 15) is 0 Å². The maximum Gasteiger partial charge on any atom is 0.249 e. The van der Waals surface area contributed by atoms with Gasteiger partial charge in [0.25, 0.3) is 0 Å². The first-order valence-electron chi connectivity index (χ1n) is 14.9. The van der Waals surface area contributed by atoms with Gasteiger partial charge in [-0.1, -0.05) is 36.4 Å². The second kappa shape index (κ2) is 9.19. The lowest BCUT2D eigenvalue weighted by Gasteiger charge is -2.26. The Labute approximate surface area is 235 Å². The van der Waals surface area contributed by atoms with Gasteiger partial charge in [0.1, 0.15) is 11.4 Å². The molecule has 8 rings (SSSR count). The molecule has 2 aliphatic rings. The van der Waals surface area contributed by atoms with E-state index in [1.54, 1.807) is 11.1 Å². The molecule has 0 amide bonds.